The number of phenols is 1. The molecule has 5 rings (SSSR count). The molecule has 0 radical (unpaired) electrons. The lowest BCUT2D eigenvalue weighted by atomic mass is 9.84. The molecule has 1 aliphatic heterocycles. The van der Waals surface area contributed by atoms with E-state index in [1.165, 1.54) is 54.6 Å². The summed E-state index contributed by atoms with van der Waals surface area (Å²) >= 11 is 0. The zero-order valence-corrected chi connectivity index (χ0v) is 21.9. The fourth-order valence-corrected chi connectivity index (χ4v) is 5.95. The van der Waals surface area contributed by atoms with Crippen LogP contribution in [-0.2, 0) is 25.7 Å². The first-order valence-electron chi connectivity index (χ1n) is 13.6. The number of hydrogen-bond donors (Lipinski definition) is 2. The molecule has 0 unspecified atom stereocenters. The van der Waals surface area contributed by atoms with Crippen LogP contribution in [0.3, 0.4) is 0 Å². The molecule has 0 amide bonds. The van der Waals surface area contributed by atoms with Gasteiger partial charge in [-0.2, -0.15) is 0 Å². The topological polar surface area (TPSA) is 58.7 Å². The van der Waals surface area contributed by atoms with E-state index >= 15 is 0 Å². The van der Waals surface area contributed by atoms with Crippen LogP contribution in [0.15, 0.2) is 48.5 Å². The van der Waals surface area contributed by atoms with E-state index in [1.807, 2.05) is 18.2 Å². The van der Waals surface area contributed by atoms with Gasteiger partial charge in [0.05, 0.1) is 7.11 Å². The maximum atomic E-state index is 10.8. The van der Waals surface area contributed by atoms with Crippen molar-refractivity contribution in [2.45, 2.75) is 58.3 Å². The van der Waals surface area contributed by atoms with Crippen molar-refractivity contribution in [2.24, 2.45) is 5.92 Å². The van der Waals surface area contributed by atoms with E-state index in [-0.39, 0.29) is 0 Å². The van der Waals surface area contributed by atoms with E-state index in [0.717, 1.165) is 60.6 Å². The number of hydrogen-bond acceptors (Lipinski definition) is 4. The number of benzene rings is 3. The lowest BCUT2D eigenvalue weighted by Gasteiger charge is -2.30. The second-order valence-electron chi connectivity index (χ2n) is 10.8. The number of fused-ring (bicyclic) bond motifs is 1. The Labute approximate surface area is 216 Å². The quantitative estimate of drug-likeness (QED) is 0.381. The van der Waals surface area contributed by atoms with Crippen LogP contribution in [0.1, 0.15) is 60.4 Å². The molecule has 3 aromatic rings. The Morgan fingerprint density at radius 1 is 0.944 bits per heavy atom. The van der Waals surface area contributed by atoms with Crippen molar-refractivity contribution in [1.82, 2.24) is 4.90 Å². The van der Waals surface area contributed by atoms with E-state index in [4.69, 9.17) is 10.5 Å². The van der Waals surface area contributed by atoms with E-state index < -0.39 is 0 Å². The Morgan fingerprint density at radius 3 is 2.42 bits per heavy atom. The van der Waals surface area contributed by atoms with Crippen LogP contribution in [0, 0.1) is 5.92 Å². The van der Waals surface area contributed by atoms with E-state index in [1.54, 1.807) is 7.11 Å². The maximum absolute atomic E-state index is 10.8. The molecule has 4 nitrogen and oxygen atoms in total. The number of phenolic OH excluding ortho intramolecular Hbond substituents is 1. The van der Waals surface area contributed by atoms with Crippen molar-refractivity contribution in [3.8, 4) is 22.6 Å². The average molecular weight is 485 g/mol. The van der Waals surface area contributed by atoms with Crippen molar-refractivity contribution >= 4 is 5.69 Å². The monoisotopic (exact) mass is 484 g/mol. The molecule has 1 aliphatic carbocycles. The highest BCUT2D eigenvalue weighted by Crippen LogP contribution is 2.43. The van der Waals surface area contributed by atoms with Gasteiger partial charge in [-0.15, -0.1) is 0 Å². The van der Waals surface area contributed by atoms with Crippen molar-refractivity contribution in [2.75, 3.05) is 32.5 Å². The minimum Gasteiger partial charge on any atom is -0.507 e. The van der Waals surface area contributed by atoms with Crippen LogP contribution in [0.4, 0.5) is 5.69 Å². The number of aromatic hydroxyl groups is 1. The fraction of sp³-hybridized carbons (Fsp3) is 0.438. The van der Waals surface area contributed by atoms with Crippen molar-refractivity contribution in [3.63, 3.8) is 0 Å². The first-order valence-corrected chi connectivity index (χ1v) is 13.6. The summed E-state index contributed by atoms with van der Waals surface area (Å²) in [7, 11) is 1.70. The Hall–Kier alpha value is -2.98. The van der Waals surface area contributed by atoms with Gasteiger partial charge in [-0.3, -0.25) is 0 Å². The van der Waals surface area contributed by atoms with Crippen LogP contribution >= 0.6 is 0 Å². The smallest absolute Gasteiger partial charge is 0.124 e. The number of anilines is 1. The molecular weight excluding hydrogens is 444 g/mol. The summed E-state index contributed by atoms with van der Waals surface area (Å²) in [5.74, 6) is 1.98. The number of aryl methyl sites for hydroxylation is 1. The molecule has 1 saturated heterocycles. The maximum Gasteiger partial charge on any atom is 0.124 e. The largest absolute Gasteiger partial charge is 0.507 e. The second kappa shape index (κ2) is 11.0. The molecule has 0 saturated carbocycles. The van der Waals surface area contributed by atoms with Crippen LogP contribution in [0.25, 0.3) is 11.1 Å². The zero-order valence-electron chi connectivity index (χ0n) is 21.9. The Morgan fingerprint density at radius 2 is 1.67 bits per heavy atom. The van der Waals surface area contributed by atoms with E-state index in [2.05, 4.69) is 42.2 Å². The summed E-state index contributed by atoms with van der Waals surface area (Å²) in [5.41, 5.74) is 15.5. The van der Waals surface area contributed by atoms with Gasteiger partial charge in [0.25, 0.3) is 0 Å². The van der Waals surface area contributed by atoms with Gasteiger partial charge in [0.15, 0.2) is 0 Å². The molecule has 2 aliphatic rings. The van der Waals surface area contributed by atoms with Crippen LogP contribution < -0.4 is 10.5 Å². The summed E-state index contributed by atoms with van der Waals surface area (Å²) in [4.78, 5) is 2.60. The van der Waals surface area contributed by atoms with Gasteiger partial charge in [0.1, 0.15) is 11.5 Å². The third-order valence-electron chi connectivity index (χ3n) is 8.31. The van der Waals surface area contributed by atoms with Gasteiger partial charge >= 0.3 is 0 Å². The zero-order chi connectivity index (χ0) is 25.1. The average Bonchev–Trinajstić information content (AvgIpc) is 2.90. The minimum atomic E-state index is 0.311. The van der Waals surface area contributed by atoms with Crippen LogP contribution in [0.5, 0.6) is 11.5 Å². The SMILES string of the molecule is COc1ccc(-c2c(O)ccc3c2CCCC3)c(N)c1Cc1ccc(CCN2CCC(C)CC2)cc1. The Bertz CT molecular complexity index is 1190. The lowest BCUT2D eigenvalue weighted by Crippen LogP contribution is -2.34. The van der Waals surface area contributed by atoms with Gasteiger partial charge in [0, 0.05) is 35.3 Å². The van der Waals surface area contributed by atoms with E-state index in [0.29, 0.717) is 17.9 Å². The molecule has 0 spiro atoms. The highest BCUT2D eigenvalue weighted by molar-refractivity contribution is 5.86. The molecule has 0 aromatic heterocycles. The predicted octanol–water partition coefficient (Wildman–Crippen LogP) is 6.39. The van der Waals surface area contributed by atoms with Gasteiger partial charge in [0.2, 0.25) is 0 Å². The molecule has 190 valence electrons. The number of likely N-dealkylation sites (tertiary alicyclic amines) is 1. The molecule has 36 heavy (non-hydrogen) atoms. The normalized spacial score (nSPS) is 16.6. The minimum absolute atomic E-state index is 0.311. The number of ether oxygens (including phenoxy) is 1. The molecule has 3 aromatic carbocycles. The first-order chi connectivity index (χ1) is 17.5. The second-order valence-corrected chi connectivity index (χ2v) is 10.8. The fourth-order valence-electron chi connectivity index (χ4n) is 5.95. The van der Waals surface area contributed by atoms with Gasteiger partial charge in [-0.1, -0.05) is 37.3 Å². The van der Waals surface area contributed by atoms with Crippen molar-refractivity contribution < 1.29 is 9.84 Å². The first kappa shape index (κ1) is 24.7. The predicted molar refractivity (Wildman–Crippen MR) is 149 cm³/mol. The highest BCUT2D eigenvalue weighted by atomic mass is 16.5. The third kappa shape index (κ3) is 5.24. The molecule has 1 fully saturated rings. The standard InChI is InChI=1S/C32H40N2O2/c1-22-15-18-34(19-16-22)20-17-23-7-9-24(10-8-23)21-28-30(36-2)14-12-27(32(28)33)31-26-6-4-3-5-25(26)11-13-29(31)35/h7-14,22,35H,3-6,15-21,33H2,1-2H3. The van der Waals surface area contributed by atoms with Crippen molar-refractivity contribution in [1.29, 1.82) is 0 Å². The molecule has 4 heteroatoms. The third-order valence-corrected chi connectivity index (χ3v) is 8.31. The molecular formula is C32H40N2O2. The van der Waals surface area contributed by atoms with Crippen LogP contribution in [-0.4, -0.2) is 36.8 Å². The number of nitrogens with two attached hydrogens (primary N) is 1. The number of methoxy groups -OCH3 is 1. The summed E-state index contributed by atoms with van der Waals surface area (Å²) < 4.78 is 5.72. The number of piperidine rings is 1. The van der Waals surface area contributed by atoms with Crippen LogP contribution in [0.2, 0.25) is 0 Å². The number of nitrogens with zero attached hydrogens (tertiary/aromatic N) is 1. The number of rotatable bonds is 7. The van der Waals surface area contributed by atoms with Gasteiger partial charge < -0.3 is 20.5 Å². The van der Waals surface area contributed by atoms with E-state index in [9.17, 15) is 5.11 Å². The highest BCUT2D eigenvalue weighted by Gasteiger charge is 2.22. The summed E-state index contributed by atoms with van der Waals surface area (Å²) in [5, 5.41) is 10.8. The molecule has 0 atom stereocenters. The summed E-state index contributed by atoms with van der Waals surface area (Å²) in [6.45, 7) is 5.97. The summed E-state index contributed by atoms with van der Waals surface area (Å²) in [6, 6.07) is 16.9. The molecule has 0 bridgehead atoms. The lowest BCUT2D eigenvalue weighted by molar-refractivity contribution is 0.194. The Balaban J connectivity index is 1.36. The molecule has 3 N–H and O–H groups in total. The van der Waals surface area contributed by atoms with Crippen molar-refractivity contribution in [3.05, 3.63) is 76.3 Å². The summed E-state index contributed by atoms with van der Waals surface area (Å²) in [6.07, 6.45) is 8.84. The molecule has 1 heterocycles. The number of nitrogen functional groups attached to an aromatic ring is 1. The van der Waals surface area contributed by atoms with Gasteiger partial charge in [-0.05, 0) is 104 Å². The Kier molecular flexibility index (Phi) is 7.52. The van der Waals surface area contributed by atoms with Gasteiger partial charge in [-0.25, -0.2) is 0 Å².